The van der Waals surface area contributed by atoms with Crippen LogP contribution in [0.5, 0.6) is 0 Å². The van der Waals surface area contributed by atoms with Crippen LogP contribution >= 0.6 is 11.6 Å². The van der Waals surface area contributed by atoms with Gasteiger partial charge < -0.3 is 5.32 Å². The van der Waals surface area contributed by atoms with E-state index >= 15 is 0 Å². The fourth-order valence-electron chi connectivity index (χ4n) is 1.07. The Labute approximate surface area is 92.2 Å². The van der Waals surface area contributed by atoms with Crippen molar-refractivity contribution in [3.05, 3.63) is 0 Å². The van der Waals surface area contributed by atoms with Crippen LogP contribution in [-0.2, 0) is 9.59 Å². The van der Waals surface area contributed by atoms with Crippen molar-refractivity contribution in [1.82, 2.24) is 5.32 Å². The minimum absolute atomic E-state index is 0.111. The van der Waals surface area contributed by atoms with Gasteiger partial charge >= 0.3 is 6.43 Å². The van der Waals surface area contributed by atoms with Crippen molar-refractivity contribution in [2.45, 2.75) is 32.7 Å². The van der Waals surface area contributed by atoms with Gasteiger partial charge in [-0.05, 0) is 12.3 Å². The minimum Gasteiger partial charge on any atom is -0.341 e. The molecular formula is C9H14ClF2NO2. The zero-order chi connectivity index (χ0) is 12.0. The molecule has 0 bridgehead atoms. The summed E-state index contributed by atoms with van der Waals surface area (Å²) < 4.78 is 23.9. The number of alkyl halides is 3. The molecule has 0 aromatic rings. The number of hydrogen-bond acceptors (Lipinski definition) is 2. The standard InChI is InChI=1S/C9H14ClF2NO2/c1-5(2)3-6(7(14)4-10)13-9(15)8(11)12/h5-6,8H,3-4H2,1-2H3,(H,13,15). The van der Waals surface area contributed by atoms with E-state index in [0.29, 0.717) is 6.42 Å². The number of ketones is 1. The number of Topliss-reactive ketones (excluding diaryl/α,β-unsaturated/α-hetero) is 1. The lowest BCUT2D eigenvalue weighted by Crippen LogP contribution is -2.44. The summed E-state index contributed by atoms with van der Waals surface area (Å²) in [7, 11) is 0. The normalized spacial score (nSPS) is 13.0. The topological polar surface area (TPSA) is 46.2 Å². The summed E-state index contributed by atoms with van der Waals surface area (Å²) in [5.41, 5.74) is 0. The number of hydrogen-bond donors (Lipinski definition) is 1. The predicted molar refractivity (Wildman–Crippen MR) is 53.1 cm³/mol. The van der Waals surface area contributed by atoms with E-state index in [1.54, 1.807) is 0 Å². The highest BCUT2D eigenvalue weighted by atomic mass is 35.5. The second-order valence-corrected chi connectivity index (χ2v) is 3.86. The molecule has 0 aromatic heterocycles. The first-order chi connectivity index (χ1) is 6.88. The molecule has 3 nitrogen and oxygen atoms in total. The molecule has 0 saturated carbocycles. The quantitative estimate of drug-likeness (QED) is 0.718. The Morgan fingerprint density at radius 1 is 1.33 bits per heavy atom. The van der Waals surface area contributed by atoms with Crippen molar-refractivity contribution in [2.75, 3.05) is 5.88 Å². The molecule has 88 valence electrons. The van der Waals surface area contributed by atoms with Crippen LogP contribution in [0.25, 0.3) is 0 Å². The van der Waals surface area contributed by atoms with Gasteiger partial charge in [-0.25, -0.2) is 0 Å². The number of carbonyl (C=O) groups is 2. The maximum absolute atomic E-state index is 11.9. The third-order valence-corrected chi connectivity index (χ3v) is 2.01. The summed E-state index contributed by atoms with van der Waals surface area (Å²) in [5, 5.41) is 1.98. The average Bonchev–Trinajstić information content (AvgIpc) is 2.14. The maximum Gasteiger partial charge on any atom is 0.315 e. The van der Waals surface area contributed by atoms with E-state index in [2.05, 4.69) is 0 Å². The molecule has 0 aliphatic rings. The third kappa shape index (κ3) is 5.67. The zero-order valence-corrected chi connectivity index (χ0v) is 9.35. The fourth-order valence-corrected chi connectivity index (χ4v) is 1.26. The van der Waals surface area contributed by atoms with Crippen molar-refractivity contribution in [2.24, 2.45) is 5.92 Å². The highest BCUT2D eigenvalue weighted by molar-refractivity contribution is 6.28. The van der Waals surface area contributed by atoms with Crippen LogP contribution in [0.4, 0.5) is 8.78 Å². The molecule has 1 amide bonds. The maximum atomic E-state index is 11.9. The fraction of sp³-hybridized carbons (Fsp3) is 0.778. The summed E-state index contributed by atoms with van der Waals surface area (Å²) >= 11 is 5.30. The monoisotopic (exact) mass is 241 g/mol. The first-order valence-corrected chi connectivity index (χ1v) is 5.09. The van der Waals surface area contributed by atoms with Crippen LogP contribution in [-0.4, -0.2) is 30.0 Å². The van der Waals surface area contributed by atoms with Gasteiger partial charge in [-0.3, -0.25) is 9.59 Å². The Bertz CT molecular complexity index is 234. The van der Waals surface area contributed by atoms with Crippen LogP contribution in [0.2, 0.25) is 0 Å². The van der Waals surface area contributed by atoms with Crippen LogP contribution < -0.4 is 5.32 Å². The van der Waals surface area contributed by atoms with E-state index in [1.165, 1.54) is 0 Å². The molecule has 1 N–H and O–H groups in total. The van der Waals surface area contributed by atoms with Crippen molar-refractivity contribution in [1.29, 1.82) is 0 Å². The lowest BCUT2D eigenvalue weighted by atomic mass is 10.0. The Balaban J connectivity index is 4.37. The van der Waals surface area contributed by atoms with E-state index in [-0.39, 0.29) is 11.8 Å². The van der Waals surface area contributed by atoms with Crippen LogP contribution in [0.3, 0.4) is 0 Å². The highest BCUT2D eigenvalue weighted by Crippen LogP contribution is 2.07. The van der Waals surface area contributed by atoms with Gasteiger partial charge in [0.25, 0.3) is 5.91 Å². The van der Waals surface area contributed by atoms with E-state index < -0.39 is 24.2 Å². The Morgan fingerprint density at radius 2 is 1.87 bits per heavy atom. The molecule has 0 fully saturated rings. The van der Waals surface area contributed by atoms with Gasteiger partial charge in [-0.15, -0.1) is 11.6 Å². The number of nitrogens with one attached hydrogen (secondary N) is 1. The first kappa shape index (κ1) is 14.3. The molecule has 0 radical (unpaired) electrons. The zero-order valence-electron chi connectivity index (χ0n) is 8.60. The second kappa shape index (κ2) is 6.71. The summed E-state index contributed by atoms with van der Waals surface area (Å²) in [6, 6.07) is -0.913. The molecule has 15 heavy (non-hydrogen) atoms. The Hall–Kier alpha value is -0.710. The predicted octanol–water partition coefficient (Wildman–Crippen LogP) is 1.59. The van der Waals surface area contributed by atoms with E-state index in [4.69, 9.17) is 11.6 Å². The molecule has 1 unspecified atom stereocenters. The highest BCUT2D eigenvalue weighted by Gasteiger charge is 2.24. The van der Waals surface area contributed by atoms with E-state index in [9.17, 15) is 18.4 Å². The summed E-state index contributed by atoms with van der Waals surface area (Å²) in [6.45, 7) is 3.64. The third-order valence-electron chi connectivity index (χ3n) is 1.74. The first-order valence-electron chi connectivity index (χ1n) is 4.55. The molecule has 0 aliphatic carbocycles. The molecule has 1 atom stereocenters. The molecule has 0 saturated heterocycles. The largest absolute Gasteiger partial charge is 0.341 e. The summed E-state index contributed by atoms with van der Waals surface area (Å²) in [4.78, 5) is 21.9. The van der Waals surface area contributed by atoms with E-state index in [1.807, 2.05) is 19.2 Å². The van der Waals surface area contributed by atoms with Gasteiger partial charge in [0.2, 0.25) is 0 Å². The lowest BCUT2D eigenvalue weighted by Gasteiger charge is -2.18. The SMILES string of the molecule is CC(C)CC(NC(=O)C(F)F)C(=O)CCl. The van der Waals surface area contributed by atoms with Crippen molar-refractivity contribution >= 4 is 23.3 Å². The number of rotatable bonds is 6. The van der Waals surface area contributed by atoms with Crippen molar-refractivity contribution in [3.8, 4) is 0 Å². The average molecular weight is 242 g/mol. The molecule has 0 heterocycles. The summed E-state index contributed by atoms with van der Waals surface area (Å²) in [6.07, 6.45) is -2.80. The Kier molecular flexibility index (Phi) is 6.40. The van der Waals surface area contributed by atoms with Crippen LogP contribution in [0, 0.1) is 5.92 Å². The van der Waals surface area contributed by atoms with Gasteiger partial charge in [0.15, 0.2) is 5.78 Å². The smallest absolute Gasteiger partial charge is 0.315 e. The van der Waals surface area contributed by atoms with Gasteiger partial charge in [0.05, 0.1) is 11.9 Å². The van der Waals surface area contributed by atoms with Gasteiger partial charge in [0.1, 0.15) is 0 Å². The minimum atomic E-state index is -3.11. The molecule has 6 heteroatoms. The molecule has 0 rings (SSSR count). The van der Waals surface area contributed by atoms with Gasteiger partial charge in [0, 0.05) is 0 Å². The van der Waals surface area contributed by atoms with E-state index in [0.717, 1.165) is 0 Å². The molecule has 0 aliphatic heterocycles. The van der Waals surface area contributed by atoms with Crippen molar-refractivity contribution < 1.29 is 18.4 Å². The lowest BCUT2D eigenvalue weighted by molar-refractivity contribution is -0.135. The number of amides is 1. The van der Waals surface area contributed by atoms with Gasteiger partial charge in [-0.1, -0.05) is 13.8 Å². The second-order valence-electron chi connectivity index (χ2n) is 3.59. The van der Waals surface area contributed by atoms with Crippen LogP contribution in [0.15, 0.2) is 0 Å². The molecule has 0 spiro atoms. The molecular weight excluding hydrogens is 228 g/mol. The summed E-state index contributed by atoms with van der Waals surface area (Å²) in [5.74, 6) is -2.06. The van der Waals surface area contributed by atoms with Crippen molar-refractivity contribution in [3.63, 3.8) is 0 Å². The van der Waals surface area contributed by atoms with Crippen LogP contribution in [0.1, 0.15) is 20.3 Å². The number of carbonyl (C=O) groups excluding carboxylic acids is 2. The Morgan fingerprint density at radius 3 is 2.20 bits per heavy atom. The molecule has 0 aromatic carbocycles. The number of halogens is 3. The van der Waals surface area contributed by atoms with Gasteiger partial charge in [-0.2, -0.15) is 8.78 Å².